The Morgan fingerprint density at radius 3 is 2.38 bits per heavy atom. The molecule has 0 saturated heterocycles. The lowest BCUT2D eigenvalue weighted by Gasteiger charge is -2.16. The fourth-order valence-electron chi connectivity index (χ4n) is 4.51. The summed E-state index contributed by atoms with van der Waals surface area (Å²) >= 11 is 0. The molecule has 3 aromatic carbocycles. The van der Waals surface area contributed by atoms with E-state index in [0.717, 1.165) is 36.0 Å². The fourth-order valence-corrected chi connectivity index (χ4v) is 5.14. The maximum atomic E-state index is 14.4. The van der Waals surface area contributed by atoms with Gasteiger partial charge in [0.2, 0.25) is 0 Å². The predicted octanol–water partition coefficient (Wildman–Crippen LogP) is 5.79. The van der Waals surface area contributed by atoms with Crippen LogP contribution in [-0.2, 0) is 23.0 Å². The van der Waals surface area contributed by atoms with Crippen molar-refractivity contribution in [3.05, 3.63) is 102 Å². The number of nitrogens with zero attached hydrogens (tertiary/aromatic N) is 2. The van der Waals surface area contributed by atoms with Crippen LogP contribution in [0.3, 0.4) is 0 Å². The van der Waals surface area contributed by atoms with E-state index in [0.29, 0.717) is 29.1 Å². The summed E-state index contributed by atoms with van der Waals surface area (Å²) in [5, 5.41) is 2.87. The maximum absolute atomic E-state index is 14.4. The zero-order valence-corrected chi connectivity index (χ0v) is 24.0. The molecule has 0 unspecified atom stereocenters. The molecule has 0 bridgehead atoms. The van der Waals surface area contributed by atoms with Gasteiger partial charge < -0.3 is 19.5 Å². The SMILES string of the molecule is Cc1c(C(=O)Nc2ccc(S(C)(=O)=O)cc2)cn(CCCN(C)C)c1-c1ccc(F)cc1OCc1ccccc1. The first-order valence-electron chi connectivity index (χ1n) is 13.0. The van der Waals surface area contributed by atoms with Gasteiger partial charge in [-0.05, 0) is 81.5 Å². The van der Waals surface area contributed by atoms with Crippen molar-refractivity contribution < 1.29 is 22.3 Å². The number of halogens is 1. The van der Waals surface area contributed by atoms with E-state index in [-0.39, 0.29) is 17.4 Å². The number of aryl methyl sites for hydroxylation is 1. The quantitative estimate of drug-likeness (QED) is 0.250. The standard InChI is InChI=1S/C31H34FN3O4S/c1-22-28(31(36)33-25-12-14-26(15-13-25)40(4,37)38)20-35(18-8-17-34(2)3)30(22)27-16-11-24(32)19-29(27)39-21-23-9-6-5-7-10-23/h5-7,9-16,19-20H,8,17-18,21H2,1-4H3,(H,33,36). The third-order valence-corrected chi connectivity index (χ3v) is 7.69. The lowest BCUT2D eigenvalue weighted by Crippen LogP contribution is -2.15. The Bertz CT molecular complexity index is 1580. The zero-order valence-electron chi connectivity index (χ0n) is 23.1. The van der Waals surface area contributed by atoms with Gasteiger partial charge in [-0.2, -0.15) is 0 Å². The van der Waals surface area contributed by atoms with Crippen LogP contribution in [0.4, 0.5) is 10.1 Å². The van der Waals surface area contributed by atoms with Crippen LogP contribution in [0, 0.1) is 12.7 Å². The number of aromatic nitrogens is 1. The molecule has 0 aliphatic rings. The number of ether oxygens (including phenoxy) is 1. The number of carbonyl (C=O) groups is 1. The highest BCUT2D eigenvalue weighted by Gasteiger charge is 2.22. The van der Waals surface area contributed by atoms with Gasteiger partial charge in [0, 0.05) is 36.3 Å². The highest BCUT2D eigenvalue weighted by Crippen LogP contribution is 2.36. The Morgan fingerprint density at radius 2 is 1.73 bits per heavy atom. The van der Waals surface area contributed by atoms with Gasteiger partial charge in [-0.25, -0.2) is 12.8 Å². The Balaban J connectivity index is 1.69. The van der Waals surface area contributed by atoms with Crippen molar-refractivity contribution in [1.29, 1.82) is 0 Å². The summed E-state index contributed by atoms with van der Waals surface area (Å²) < 4.78 is 46.1. The number of rotatable bonds is 11. The Morgan fingerprint density at radius 1 is 1.02 bits per heavy atom. The number of hydrogen-bond acceptors (Lipinski definition) is 5. The van der Waals surface area contributed by atoms with Gasteiger partial charge in [0.25, 0.3) is 5.91 Å². The van der Waals surface area contributed by atoms with E-state index < -0.39 is 15.7 Å². The van der Waals surface area contributed by atoms with Crippen LogP contribution in [0.5, 0.6) is 5.75 Å². The number of amides is 1. The molecule has 1 N–H and O–H groups in total. The summed E-state index contributed by atoms with van der Waals surface area (Å²) in [6, 6.07) is 20.2. The van der Waals surface area contributed by atoms with Gasteiger partial charge in [-0.3, -0.25) is 4.79 Å². The molecular weight excluding hydrogens is 529 g/mol. The fraction of sp³-hybridized carbons (Fsp3) is 0.258. The Hall–Kier alpha value is -3.95. The van der Waals surface area contributed by atoms with Crippen LogP contribution < -0.4 is 10.1 Å². The second-order valence-corrected chi connectivity index (χ2v) is 12.0. The number of sulfone groups is 1. The predicted molar refractivity (Wildman–Crippen MR) is 156 cm³/mol. The molecule has 0 spiro atoms. The van der Waals surface area contributed by atoms with Gasteiger partial charge in [0.15, 0.2) is 9.84 Å². The molecule has 40 heavy (non-hydrogen) atoms. The van der Waals surface area contributed by atoms with E-state index in [2.05, 4.69) is 10.2 Å². The minimum atomic E-state index is -3.34. The smallest absolute Gasteiger partial charge is 0.257 e. The summed E-state index contributed by atoms with van der Waals surface area (Å²) in [5.74, 6) is -0.348. The summed E-state index contributed by atoms with van der Waals surface area (Å²) in [7, 11) is 0.668. The molecular formula is C31H34FN3O4S. The zero-order chi connectivity index (χ0) is 28.9. The first kappa shape index (κ1) is 29.0. The third-order valence-electron chi connectivity index (χ3n) is 6.56. The minimum Gasteiger partial charge on any atom is -0.488 e. The number of benzene rings is 3. The van der Waals surface area contributed by atoms with Gasteiger partial charge in [-0.1, -0.05) is 30.3 Å². The largest absolute Gasteiger partial charge is 0.488 e. The van der Waals surface area contributed by atoms with E-state index >= 15 is 0 Å². The molecule has 0 aliphatic carbocycles. The van der Waals surface area contributed by atoms with Crippen LogP contribution in [0.1, 0.15) is 27.9 Å². The first-order chi connectivity index (χ1) is 19.0. The van der Waals surface area contributed by atoms with Gasteiger partial charge in [-0.15, -0.1) is 0 Å². The normalized spacial score (nSPS) is 11.6. The summed E-state index contributed by atoms with van der Waals surface area (Å²) in [6.07, 6.45) is 3.78. The molecule has 1 aromatic heterocycles. The van der Waals surface area contributed by atoms with Crippen LogP contribution in [0.25, 0.3) is 11.3 Å². The van der Waals surface area contributed by atoms with Crippen molar-refractivity contribution in [2.24, 2.45) is 0 Å². The molecule has 4 rings (SSSR count). The van der Waals surface area contributed by atoms with Crippen LogP contribution in [0.15, 0.2) is 83.9 Å². The Labute approximate surface area is 235 Å². The molecule has 7 nitrogen and oxygen atoms in total. The molecule has 0 aliphatic heterocycles. The highest BCUT2D eigenvalue weighted by molar-refractivity contribution is 7.90. The summed E-state index contributed by atoms with van der Waals surface area (Å²) in [6.45, 7) is 3.63. The monoisotopic (exact) mass is 563 g/mol. The first-order valence-corrected chi connectivity index (χ1v) is 14.8. The lowest BCUT2D eigenvalue weighted by atomic mass is 10.0. The summed E-state index contributed by atoms with van der Waals surface area (Å²) in [5.41, 5.74) is 4.09. The average molecular weight is 564 g/mol. The molecule has 0 atom stereocenters. The number of carbonyl (C=O) groups excluding carboxylic acids is 1. The molecule has 0 fully saturated rings. The Kier molecular flexibility index (Phi) is 9.07. The van der Waals surface area contributed by atoms with Crippen molar-refractivity contribution in [2.75, 3.05) is 32.2 Å². The van der Waals surface area contributed by atoms with E-state index in [9.17, 15) is 17.6 Å². The van der Waals surface area contributed by atoms with Gasteiger partial charge >= 0.3 is 0 Å². The number of hydrogen-bond donors (Lipinski definition) is 1. The van der Waals surface area contributed by atoms with E-state index in [1.165, 1.54) is 24.3 Å². The molecule has 1 heterocycles. The molecule has 9 heteroatoms. The highest BCUT2D eigenvalue weighted by atomic mass is 32.2. The number of anilines is 1. The maximum Gasteiger partial charge on any atom is 0.257 e. The van der Waals surface area contributed by atoms with Crippen molar-refractivity contribution in [1.82, 2.24) is 9.47 Å². The average Bonchev–Trinajstić information content (AvgIpc) is 3.23. The van der Waals surface area contributed by atoms with Crippen LogP contribution in [0.2, 0.25) is 0 Å². The molecule has 0 saturated carbocycles. The molecule has 0 radical (unpaired) electrons. The van der Waals surface area contributed by atoms with Crippen molar-refractivity contribution in [2.45, 2.75) is 31.4 Å². The van der Waals surface area contributed by atoms with Crippen LogP contribution >= 0.6 is 0 Å². The van der Waals surface area contributed by atoms with Gasteiger partial charge in [0.05, 0.1) is 16.2 Å². The van der Waals surface area contributed by atoms with E-state index in [4.69, 9.17) is 4.74 Å². The molecule has 210 valence electrons. The summed E-state index contributed by atoms with van der Waals surface area (Å²) in [4.78, 5) is 15.7. The van der Waals surface area contributed by atoms with Gasteiger partial charge in [0.1, 0.15) is 18.2 Å². The molecule has 4 aromatic rings. The van der Waals surface area contributed by atoms with E-state index in [1.807, 2.05) is 62.1 Å². The number of nitrogens with one attached hydrogen (secondary N) is 1. The van der Waals surface area contributed by atoms with Crippen LogP contribution in [-0.4, -0.2) is 50.7 Å². The van der Waals surface area contributed by atoms with Crippen molar-refractivity contribution >= 4 is 21.4 Å². The minimum absolute atomic E-state index is 0.176. The van der Waals surface area contributed by atoms with Crippen molar-refractivity contribution in [3.8, 4) is 17.0 Å². The van der Waals surface area contributed by atoms with Crippen molar-refractivity contribution in [3.63, 3.8) is 0 Å². The second kappa shape index (κ2) is 12.5. The third kappa shape index (κ3) is 7.16. The molecule has 1 amide bonds. The topological polar surface area (TPSA) is 80.6 Å². The second-order valence-electron chi connectivity index (χ2n) is 10.0. The van der Waals surface area contributed by atoms with E-state index in [1.54, 1.807) is 18.2 Å². The lowest BCUT2D eigenvalue weighted by molar-refractivity contribution is 0.102.